The fraction of sp³-hybridized carbons (Fsp3) is 0.400. The van der Waals surface area contributed by atoms with E-state index in [0.717, 1.165) is 18.0 Å². The molecule has 1 aromatic heterocycles. The molecule has 2 rings (SSSR count). The molecule has 1 unspecified atom stereocenters. The van der Waals surface area contributed by atoms with Crippen LogP contribution in [0.1, 0.15) is 31.1 Å². The van der Waals surface area contributed by atoms with Gasteiger partial charge < -0.3 is 10.1 Å². The number of benzene rings is 1. The van der Waals surface area contributed by atoms with Gasteiger partial charge in [0.1, 0.15) is 5.75 Å². The van der Waals surface area contributed by atoms with Crippen molar-refractivity contribution in [3.05, 3.63) is 47.8 Å². The van der Waals surface area contributed by atoms with E-state index in [0.29, 0.717) is 6.61 Å². The molecule has 0 bridgehead atoms. The number of ether oxygens (including phenoxy) is 1. The van der Waals surface area contributed by atoms with Gasteiger partial charge in [0.05, 0.1) is 12.3 Å². The summed E-state index contributed by atoms with van der Waals surface area (Å²) in [5.41, 5.74) is 2.23. The molecule has 1 atom stereocenters. The molecule has 0 fully saturated rings. The van der Waals surface area contributed by atoms with Gasteiger partial charge in [-0.15, -0.1) is 0 Å². The molecule has 0 radical (unpaired) electrons. The summed E-state index contributed by atoms with van der Waals surface area (Å²) in [7, 11) is 1.93. The van der Waals surface area contributed by atoms with E-state index in [9.17, 15) is 0 Å². The minimum atomic E-state index is 0.227. The van der Waals surface area contributed by atoms with Crippen molar-refractivity contribution in [3.8, 4) is 5.75 Å². The maximum absolute atomic E-state index is 5.65. The topological polar surface area (TPSA) is 39.1 Å². The second kappa shape index (κ2) is 6.38. The molecule has 0 amide bonds. The van der Waals surface area contributed by atoms with E-state index in [2.05, 4.69) is 23.4 Å². The van der Waals surface area contributed by atoms with Crippen LogP contribution in [-0.4, -0.2) is 16.4 Å². The van der Waals surface area contributed by atoms with Gasteiger partial charge in [-0.2, -0.15) is 5.10 Å². The standard InChI is InChI=1S/C15H21N3O/c1-4-19-15-8-6-5-7-14(15)12(2)16-11-13-9-10-18(3)17-13/h5-10,12,16H,4,11H2,1-3H3. The van der Waals surface area contributed by atoms with Gasteiger partial charge in [-0.3, -0.25) is 4.68 Å². The van der Waals surface area contributed by atoms with Crippen molar-refractivity contribution >= 4 is 0 Å². The molecule has 102 valence electrons. The summed E-state index contributed by atoms with van der Waals surface area (Å²) in [6.45, 7) is 5.58. The first kappa shape index (κ1) is 13.6. The third-order valence-electron chi connectivity index (χ3n) is 3.04. The monoisotopic (exact) mass is 259 g/mol. The predicted molar refractivity (Wildman–Crippen MR) is 76.1 cm³/mol. The van der Waals surface area contributed by atoms with Crippen molar-refractivity contribution < 1.29 is 4.74 Å². The van der Waals surface area contributed by atoms with E-state index in [1.54, 1.807) is 0 Å². The number of rotatable bonds is 6. The maximum Gasteiger partial charge on any atom is 0.124 e. The summed E-state index contributed by atoms with van der Waals surface area (Å²) in [6, 6.07) is 10.4. The zero-order chi connectivity index (χ0) is 13.7. The van der Waals surface area contributed by atoms with Gasteiger partial charge in [0.25, 0.3) is 0 Å². The van der Waals surface area contributed by atoms with Gasteiger partial charge in [0.15, 0.2) is 0 Å². The summed E-state index contributed by atoms with van der Waals surface area (Å²) >= 11 is 0. The van der Waals surface area contributed by atoms with Crippen LogP contribution in [0.2, 0.25) is 0 Å². The van der Waals surface area contributed by atoms with Crippen LogP contribution in [0.25, 0.3) is 0 Å². The summed E-state index contributed by atoms with van der Waals surface area (Å²) in [5, 5.41) is 7.83. The zero-order valence-corrected chi connectivity index (χ0v) is 11.8. The highest BCUT2D eigenvalue weighted by Crippen LogP contribution is 2.24. The Morgan fingerprint density at radius 1 is 1.32 bits per heavy atom. The van der Waals surface area contributed by atoms with Crippen molar-refractivity contribution in [2.75, 3.05) is 6.61 Å². The van der Waals surface area contributed by atoms with E-state index in [1.807, 2.05) is 49.1 Å². The molecular weight excluding hydrogens is 238 g/mol. The highest BCUT2D eigenvalue weighted by atomic mass is 16.5. The first-order valence-corrected chi connectivity index (χ1v) is 6.64. The smallest absolute Gasteiger partial charge is 0.124 e. The molecule has 0 saturated heterocycles. The molecule has 1 N–H and O–H groups in total. The van der Waals surface area contributed by atoms with Gasteiger partial charge >= 0.3 is 0 Å². The van der Waals surface area contributed by atoms with Gasteiger partial charge in [0.2, 0.25) is 0 Å². The molecule has 0 saturated carbocycles. The van der Waals surface area contributed by atoms with Crippen molar-refractivity contribution in [2.45, 2.75) is 26.4 Å². The molecule has 19 heavy (non-hydrogen) atoms. The lowest BCUT2D eigenvalue weighted by molar-refractivity contribution is 0.332. The SMILES string of the molecule is CCOc1ccccc1C(C)NCc1ccn(C)n1. The van der Waals surface area contributed by atoms with E-state index in [1.165, 1.54) is 5.56 Å². The summed E-state index contributed by atoms with van der Waals surface area (Å²) < 4.78 is 7.47. The Bertz CT molecular complexity index is 522. The fourth-order valence-corrected chi connectivity index (χ4v) is 2.05. The molecule has 0 aliphatic rings. The molecule has 1 aromatic carbocycles. The Morgan fingerprint density at radius 3 is 2.79 bits per heavy atom. The second-order valence-corrected chi connectivity index (χ2v) is 4.55. The lowest BCUT2D eigenvalue weighted by Crippen LogP contribution is -2.19. The Balaban J connectivity index is 2.01. The quantitative estimate of drug-likeness (QED) is 0.867. The van der Waals surface area contributed by atoms with E-state index < -0.39 is 0 Å². The minimum Gasteiger partial charge on any atom is -0.494 e. The number of para-hydroxylation sites is 1. The Labute approximate surface area is 114 Å². The van der Waals surface area contributed by atoms with E-state index in [4.69, 9.17) is 4.74 Å². The number of hydrogen-bond acceptors (Lipinski definition) is 3. The van der Waals surface area contributed by atoms with Gasteiger partial charge in [-0.1, -0.05) is 18.2 Å². The van der Waals surface area contributed by atoms with Crippen LogP contribution in [0.5, 0.6) is 5.75 Å². The van der Waals surface area contributed by atoms with Crippen LogP contribution >= 0.6 is 0 Å². The second-order valence-electron chi connectivity index (χ2n) is 4.55. The normalized spacial score (nSPS) is 12.4. The number of aromatic nitrogens is 2. The van der Waals surface area contributed by atoms with Gasteiger partial charge in [-0.05, 0) is 26.0 Å². The Morgan fingerprint density at radius 2 is 2.11 bits per heavy atom. The molecule has 2 aromatic rings. The van der Waals surface area contributed by atoms with Crippen LogP contribution in [0.4, 0.5) is 0 Å². The number of hydrogen-bond donors (Lipinski definition) is 1. The lowest BCUT2D eigenvalue weighted by atomic mass is 10.1. The van der Waals surface area contributed by atoms with Crippen LogP contribution in [0, 0.1) is 0 Å². The first-order valence-electron chi connectivity index (χ1n) is 6.64. The van der Waals surface area contributed by atoms with E-state index >= 15 is 0 Å². The van der Waals surface area contributed by atoms with Crippen molar-refractivity contribution in [1.29, 1.82) is 0 Å². The average Bonchev–Trinajstić information content (AvgIpc) is 2.83. The third kappa shape index (κ3) is 3.58. The molecule has 0 aliphatic heterocycles. The number of aryl methyl sites for hydroxylation is 1. The van der Waals surface area contributed by atoms with Crippen molar-refractivity contribution in [3.63, 3.8) is 0 Å². The fourth-order valence-electron chi connectivity index (χ4n) is 2.05. The average molecular weight is 259 g/mol. The highest BCUT2D eigenvalue weighted by molar-refractivity contribution is 5.35. The minimum absolute atomic E-state index is 0.227. The van der Waals surface area contributed by atoms with Crippen LogP contribution < -0.4 is 10.1 Å². The molecular formula is C15H21N3O. The molecule has 0 spiro atoms. The Hall–Kier alpha value is -1.81. The van der Waals surface area contributed by atoms with E-state index in [-0.39, 0.29) is 6.04 Å². The van der Waals surface area contributed by atoms with Gasteiger partial charge in [-0.25, -0.2) is 0 Å². The summed E-state index contributed by atoms with van der Waals surface area (Å²) in [5.74, 6) is 0.950. The van der Waals surface area contributed by atoms with Crippen LogP contribution in [0.15, 0.2) is 36.5 Å². The molecule has 4 nitrogen and oxygen atoms in total. The summed E-state index contributed by atoms with van der Waals surface area (Å²) in [4.78, 5) is 0. The zero-order valence-electron chi connectivity index (χ0n) is 11.8. The largest absolute Gasteiger partial charge is 0.494 e. The highest BCUT2D eigenvalue weighted by Gasteiger charge is 2.10. The van der Waals surface area contributed by atoms with Crippen LogP contribution in [-0.2, 0) is 13.6 Å². The third-order valence-corrected chi connectivity index (χ3v) is 3.04. The molecule has 0 aliphatic carbocycles. The first-order chi connectivity index (χ1) is 9.20. The lowest BCUT2D eigenvalue weighted by Gasteiger charge is -2.17. The maximum atomic E-state index is 5.65. The summed E-state index contributed by atoms with van der Waals surface area (Å²) in [6.07, 6.45) is 1.95. The molecule has 1 heterocycles. The van der Waals surface area contributed by atoms with Crippen LogP contribution in [0.3, 0.4) is 0 Å². The van der Waals surface area contributed by atoms with Crippen molar-refractivity contribution in [2.24, 2.45) is 7.05 Å². The number of nitrogens with zero attached hydrogens (tertiary/aromatic N) is 2. The Kier molecular flexibility index (Phi) is 4.58. The molecule has 4 heteroatoms. The van der Waals surface area contributed by atoms with Crippen molar-refractivity contribution in [1.82, 2.24) is 15.1 Å². The predicted octanol–water partition coefficient (Wildman–Crippen LogP) is 2.67. The number of nitrogens with one attached hydrogen (secondary N) is 1. The van der Waals surface area contributed by atoms with Gasteiger partial charge in [0, 0.05) is 31.4 Å².